The minimum atomic E-state index is -0.917. The van der Waals surface area contributed by atoms with Gasteiger partial charge >= 0.3 is 6.16 Å². The number of ether oxygens (including phenoxy) is 2. The molecule has 0 aliphatic rings. The Kier molecular flexibility index (Phi) is 4.34. The van der Waals surface area contributed by atoms with Gasteiger partial charge in [0.1, 0.15) is 6.07 Å². The average Bonchev–Trinajstić information content (AvgIpc) is 2.27. The van der Waals surface area contributed by atoms with Crippen LogP contribution in [0.5, 0.6) is 0 Å². The minimum Gasteiger partial charge on any atom is -0.435 e. The number of carbonyl (C=O) groups excluding carboxylic acids is 1. The molecule has 0 unspecified atom stereocenters. The summed E-state index contributed by atoms with van der Waals surface area (Å²) in [6.07, 6.45) is -1.74. The van der Waals surface area contributed by atoms with Crippen LogP contribution in [0.4, 0.5) is 4.79 Å². The van der Waals surface area contributed by atoms with Crippen LogP contribution in [0.25, 0.3) is 0 Å². The quantitative estimate of drug-likeness (QED) is 0.733. The standard InChI is InChI=1S/C12H13NO3/c1-3-15-12(14)16-11(8-13)10-6-4-9(2)5-7-10/h4-7,11H,3H2,1-2H3/t11-/m1/s1. The lowest BCUT2D eigenvalue weighted by Gasteiger charge is -2.10. The van der Waals surface area contributed by atoms with Crippen molar-refractivity contribution in [1.82, 2.24) is 0 Å². The number of aryl methyl sites for hydroxylation is 1. The summed E-state index contributed by atoms with van der Waals surface area (Å²) in [6.45, 7) is 3.84. The van der Waals surface area contributed by atoms with Gasteiger partial charge in [-0.2, -0.15) is 5.26 Å². The first-order chi connectivity index (χ1) is 7.67. The van der Waals surface area contributed by atoms with E-state index in [1.54, 1.807) is 19.1 Å². The predicted molar refractivity (Wildman–Crippen MR) is 57.6 cm³/mol. The van der Waals surface area contributed by atoms with Crippen molar-refractivity contribution < 1.29 is 14.3 Å². The molecular weight excluding hydrogens is 206 g/mol. The average molecular weight is 219 g/mol. The van der Waals surface area contributed by atoms with Gasteiger partial charge in [-0.25, -0.2) is 4.79 Å². The topological polar surface area (TPSA) is 59.3 Å². The third-order valence-electron chi connectivity index (χ3n) is 1.97. The lowest BCUT2D eigenvalue weighted by atomic mass is 10.1. The SMILES string of the molecule is CCOC(=O)O[C@H](C#N)c1ccc(C)cc1. The monoisotopic (exact) mass is 219 g/mol. The first-order valence-corrected chi connectivity index (χ1v) is 4.97. The van der Waals surface area contributed by atoms with Crippen molar-refractivity contribution in [2.75, 3.05) is 6.61 Å². The van der Waals surface area contributed by atoms with E-state index in [4.69, 9.17) is 10.00 Å². The van der Waals surface area contributed by atoms with E-state index < -0.39 is 12.3 Å². The van der Waals surface area contributed by atoms with E-state index in [1.165, 1.54) is 0 Å². The summed E-state index contributed by atoms with van der Waals surface area (Å²) in [5.41, 5.74) is 1.72. The number of hydrogen-bond acceptors (Lipinski definition) is 4. The highest BCUT2D eigenvalue weighted by atomic mass is 16.7. The van der Waals surface area contributed by atoms with Gasteiger partial charge in [0.2, 0.25) is 6.10 Å². The van der Waals surface area contributed by atoms with Gasteiger partial charge < -0.3 is 9.47 Å². The van der Waals surface area contributed by atoms with Crippen molar-refractivity contribution in [1.29, 1.82) is 5.26 Å². The van der Waals surface area contributed by atoms with Crippen molar-refractivity contribution in [2.45, 2.75) is 20.0 Å². The maximum absolute atomic E-state index is 11.1. The second-order valence-electron chi connectivity index (χ2n) is 3.22. The van der Waals surface area contributed by atoms with Crippen LogP contribution in [-0.4, -0.2) is 12.8 Å². The first-order valence-electron chi connectivity index (χ1n) is 4.97. The molecule has 1 aromatic rings. The van der Waals surface area contributed by atoms with Crippen LogP contribution >= 0.6 is 0 Å². The first kappa shape index (κ1) is 12.1. The highest BCUT2D eigenvalue weighted by Crippen LogP contribution is 2.17. The van der Waals surface area contributed by atoms with Crippen LogP contribution in [0.3, 0.4) is 0 Å². The van der Waals surface area contributed by atoms with Gasteiger partial charge in [0.05, 0.1) is 6.61 Å². The van der Waals surface area contributed by atoms with E-state index in [0.29, 0.717) is 5.56 Å². The van der Waals surface area contributed by atoms with Crippen LogP contribution in [0.15, 0.2) is 24.3 Å². The minimum absolute atomic E-state index is 0.227. The number of hydrogen-bond donors (Lipinski definition) is 0. The molecule has 0 aliphatic heterocycles. The second kappa shape index (κ2) is 5.76. The molecule has 1 rings (SSSR count). The van der Waals surface area contributed by atoms with E-state index in [-0.39, 0.29) is 6.61 Å². The maximum Gasteiger partial charge on any atom is 0.509 e. The van der Waals surface area contributed by atoms with Crippen molar-refractivity contribution in [3.05, 3.63) is 35.4 Å². The number of rotatable bonds is 3. The molecule has 0 bridgehead atoms. The van der Waals surface area contributed by atoms with Crippen molar-refractivity contribution in [3.63, 3.8) is 0 Å². The Balaban J connectivity index is 2.72. The van der Waals surface area contributed by atoms with Crippen LogP contribution < -0.4 is 0 Å². The van der Waals surface area contributed by atoms with Gasteiger partial charge in [0.15, 0.2) is 0 Å². The number of benzene rings is 1. The summed E-state index contributed by atoms with van der Waals surface area (Å²) >= 11 is 0. The number of nitriles is 1. The third-order valence-corrected chi connectivity index (χ3v) is 1.97. The summed E-state index contributed by atoms with van der Waals surface area (Å²) < 4.78 is 9.45. The Morgan fingerprint density at radius 3 is 2.56 bits per heavy atom. The Morgan fingerprint density at radius 1 is 1.44 bits per heavy atom. The fourth-order valence-corrected chi connectivity index (χ4v) is 1.16. The zero-order valence-electron chi connectivity index (χ0n) is 9.27. The van der Waals surface area contributed by atoms with Crippen LogP contribution in [0.1, 0.15) is 24.2 Å². The van der Waals surface area contributed by atoms with E-state index in [2.05, 4.69) is 4.74 Å². The van der Waals surface area contributed by atoms with E-state index in [1.807, 2.05) is 25.1 Å². The third kappa shape index (κ3) is 3.28. The molecule has 0 heterocycles. The van der Waals surface area contributed by atoms with Crippen molar-refractivity contribution >= 4 is 6.16 Å². The largest absolute Gasteiger partial charge is 0.509 e. The molecule has 0 aromatic heterocycles. The number of nitrogens with zero attached hydrogens (tertiary/aromatic N) is 1. The second-order valence-corrected chi connectivity index (χ2v) is 3.22. The van der Waals surface area contributed by atoms with E-state index in [0.717, 1.165) is 5.56 Å². The molecule has 16 heavy (non-hydrogen) atoms. The molecule has 1 aromatic carbocycles. The fourth-order valence-electron chi connectivity index (χ4n) is 1.16. The van der Waals surface area contributed by atoms with Gasteiger partial charge in [-0.05, 0) is 13.8 Å². The van der Waals surface area contributed by atoms with Gasteiger partial charge in [0.25, 0.3) is 0 Å². The van der Waals surface area contributed by atoms with E-state index in [9.17, 15) is 4.79 Å². The highest BCUT2D eigenvalue weighted by Gasteiger charge is 2.16. The Labute approximate surface area is 94.4 Å². The zero-order chi connectivity index (χ0) is 12.0. The summed E-state index contributed by atoms with van der Waals surface area (Å²) in [7, 11) is 0. The van der Waals surface area contributed by atoms with Crippen molar-refractivity contribution in [3.8, 4) is 6.07 Å². The van der Waals surface area contributed by atoms with Crippen LogP contribution in [0, 0.1) is 18.3 Å². The van der Waals surface area contributed by atoms with Gasteiger partial charge in [-0.1, -0.05) is 29.8 Å². The Bertz CT molecular complexity index is 392. The van der Waals surface area contributed by atoms with Crippen LogP contribution in [-0.2, 0) is 9.47 Å². The molecule has 0 amide bonds. The summed E-state index contributed by atoms with van der Waals surface area (Å²) in [5, 5.41) is 8.88. The molecule has 0 radical (unpaired) electrons. The molecule has 84 valence electrons. The molecule has 0 N–H and O–H groups in total. The zero-order valence-corrected chi connectivity index (χ0v) is 9.27. The maximum atomic E-state index is 11.1. The van der Waals surface area contributed by atoms with Gasteiger partial charge in [0, 0.05) is 5.56 Å². The normalized spacial score (nSPS) is 11.3. The lowest BCUT2D eigenvalue weighted by molar-refractivity contribution is 0.0421. The molecule has 0 saturated carbocycles. The number of carbonyl (C=O) groups is 1. The predicted octanol–water partition coefficient (Wildman–Crippen LogP) is 2.73. The molecule has 0 fully saturated rings. The van der Waals surface area contributed by atoms with Gasteiger partial charge in [-0.3, -0.25) is 0 Å². The van der Waals surface area contributed by atoms with Gasteiger partial charge in [-0.15, -0.1) is 0 Å². The fraction of sp³-hybridized carbons (Fsp3) is 0.333. The molecule has 4 heteroatoms. The summed E-state index contributed by atoms with van der Waals surface area (Å²) in [4.78, 5) is 11.1. The summed E-state index contributed by atoms with van der Waals surface area (Å²) in [6, 6.07) is 9.12. The summed E-state index contributed by atoms with van der Waals surface area (Å²) in [5.74, 6) is 0. The Hall–Kier alpha value is -2.02. The lowest BCUT2D eigenvalue weighted by Crippen LogP contribution is -2.11. The highest BCUT2D eigenvalue weighted by molar-refractivity contribution is 5.60. The molecule has 0 saturated heterocycles. The molecular formula is C12H13NO3. The molecule has 0 spiro atoms. The van der Waals surface area contributed by atoms with E-state index >= 15 is 0 Å². The smallest absolute Gasteiger partial charge is 0.435 e. The Morgan fingerprint density at radius 2 is 2.06 bits per heavy atom. The van der Waals surface area contributed by atoms with Crippen molar-refractivity contribution in [2.24, 2.45) is 0 Å². The van der Waals surface area contributed by atoms with Crippen LogP contribution in [0.2, 0.25) is 0 Å². The molecule has 1 atom stereocenters. The molecule has 0 aliphatic carbocycles. The molecule has 4 nitrogen and oxygen atoms in total.